The molecule has 9 heteroatoms. The number of fused-ring (bicyclic) bond motifs is 1. The number of amides is 1. The van der Waals surface area contributed by atoms with E-state index >= 15 is 0 Å². The molecule has 0 saturated carbocycles. The number of carbonyl (C=O) groups excluding carboxylic acids is 1. The second-order valence-corrected chi connectivity index (χ2v) is 6.49. The molecule has 0 saturated heterocycles. The van der Waals surface area contributed by atoms with Gasteiger partial charge in [-0.3, -0.25) is 5.32 Å². The van der Waals surface area contributed by atoms with Crippen LogP contribution in [0.15, 0.2) is 12.4 Å². The predicted molar refractivity (Wildman–Crippen MR) is 87.6 cm³/mol. The number of rotatable bonds is 3. The van der Waals surface area contributed by atoms with Gasteiger partial charge in [0.2, 0.25) is 0 Å². The highest BCUT2D eigenvalue weighted by Gasteiger charge is 2.24. The van der Waals surface area contributed by atoms with E-state index in [1.54, 1.807) is 31.4 Å². The van der Waals surface area contributed by atoms with Crippen LogP contribution in [0.5, 0.6) is 0 Å². The minimum Gasteiger partial charge on any atom is -0.444 e. The zero-order valence-electron chi connectivity index (χ0n) is 13.9. The van der Waals surface area contributed by atoms with E-state index in [0.29, 0.717) is 11.0 Å². The molecule has 2 aromatic heterocycles. The van der Waals surface area contributed by atoms with E-state index in [1.807, 2.05) is 13.8 Å². The quantitative estimate of drug-likeness (QED) is 0.729. The topological polar surface area (TPSA) is 110 Å². The number of carbonyl (C=O) groups is 1. The van der Waals surface area contributed by atoms with Gasteiger partial charge in [-0.2, -0.15) is 0 Å². The van der Waals surface area contributed by atoms with Crippen LogP contribution in [-0.2, 0) is 4.74 Å². The molecule has 8 nitrogen and oxygen atoms in total. The van der Waals surface area contributed by atoms with E-state index in [2.05, 4.69) is 15.3 Å². The van der Waals surface area contributed by atoms with Gasteiger partial charge >= 0.3 is 13.2 Å². The Morgan fingerprint density at radius 3 is 2.52 bits per heavy atom. The molecule has 0 aromatic carbocycles. The molecule has 2 aromatic rings. The Balaban J connectivity index is 2.47. The maximum absolute atomic E-state index is 11.9. The number of aromatic nitrogens is 3. The smallest absolute Gasteiger partial charge is 0.444 e. The van der Waals surface area contributed by atoms with E-state index in [0.717, 1.165) is 0 Å². The number of nitrogens with one attached hydrogen (secondary N) is 1. The van der Waals surface area contributed by atoms with Crippen molar-refractivity contribution in [1.82, 2.24) is 14.5 Å². The molecule has 0 radical (unpaired) electrons. The first kappa shape index (κ1) is 17.2. The number of hydrogen-bond donors (Lipinski definition) is 3. The van der Waals surface area contributed by atoms with Crippen LogP contribution in [0.25, 0.3) is 11.0 Å². The summed E-state index contributed by atoms with van der Waals surface area (Å²) in [6, 6.07) is 1.50. The number of anilines is 1. The van der Waals surface area contributed by atoms with Crippen LogP contribution in [0.4, 0.5) is 10.6 Å². The first-order valence-corrected chi connectivity index (χ1v) is 7.32. The predicted octanol–water partition coefficient (Wildman–Crippen LogP) is 1.04. The molecule has 2 rings (SSSR count). The minimum atomic E-state index is -1.65. The summed E-state index contributed by atoms with van der Waals surface area (Å²) >= 11 is 0. The van der Waals surface area contributed by atoms with E-state index in [1.165, 1.54) is 6.33 Å². The van der Waals surface area contributed by atoms with Crippen molar-refractivity contribution in [1.29, 1.82) is 0 Å². The number of nitrogens with zero attached hydrogens (tertiary/aromatic N) is 3. The molecule has 0 aliphatic heterocycles. The maximum atomic E-state index is 11.9. The Bertz CT molecular complexity index is 721. The van der Waals surface area contributed by atoms with Crippen molar-refractivity contribution in [3.63, 3.8) is 0 Å². The van der Waals surface area contributed by atoms with E-state index < -0.39 is 18.8 Å². The summed E-state index contributed by atoms with van der Waals surface area (Å²) in [7, 11) is -1.65. The Kier molecular flexibility index (Phi) is 4.62. The van der Waals surface area contributed by atoms with Crippen molar-refractivity contribution in [2.45, 2.75) is 46.3 Å². The van der Waals surface area contributed by atoms with E-state index in [4.69, 9.17) is 4.74 Å². The molecule has 0 fully saturated rings. The molecular formula is C14H21BN4O4. The first-order valence-electron chi connectivity index (χ1n) is 7.32. The van der Waals surface area contributed by atoms with Gasteiger partial charge in [-0.25, -0.2) is 14.8 Å². The molecular weight excluding hydrogens is 299 g/mol. The minimum absolute atomic E-state index is 0.0476. The fourth-order valence-electron chi connectivity index (χ4n) is 2.29. The third-order valence-corrected chi connectivity index (χ3v) is 3.06. The second kappa shape index (κ2) is 6.17. The fourth-order valence-corrected chi connectivity index (χ4v) is 2.29. The van der Waals surface area contributed by atoms with Crippen LogP contribution in [0, 0.1) is 0 Å². The van der Waals surface area contributed by atoms with Gasteiger partial charge < -0.3 is 19.4 Å². The zero-order valence-corrected chi connectivity index (χ0v) is 13.9. The molecule has 0 aliphatic rings. The molecule has 0 atom stereocenters. The SMILES string of the molecule is CC(C)n1c(B(O)O)cc2c(NC(=O)OC(C)(C)C)ncnc21. The van der Waals surface area contributed by atoms with Gasteiger partial charge in [0.1, 0.15) is 23.4 Å². The normalized spacial score (nSPS) is 11.8. The summed E-state index contributed by atoms with van der Waals surface area (Å²) in [6.45, 7) is 9.08. The van der Waals surface area contributed by atoms with Crippen LogP contribution < -0.4 is 10.9 Å². The molecule has 3 N–H and O–H groups in total. The number of hydrogen-bond acceptors (Lipinski definition) is 6. The molecule has 0 spiro atoms. The van der Waals surface area contributed by atoms with Gasteiger partial charge in [0.05, 0.1) is 11.0 Å². The van der Waals surface area contributed by atoms with Crippen LogP contribution in [0.3, 0.4) is 0 Å². The van der Waals surface area contributed by atoms with E-state index in [-0.39, 0.29) is 17.5 Å². The maximum Gasteiger partial charge on any atom is 0.506 e. The van der Waals surface area contributed by atoms with E-state index in [9.17, 15) is 14.8 Å². The molecule has 1 amide bonds. The van der Waals surface area contributed by atoms with Crippen molar-refractivity contribution < 1.29 is 19.6 Å². The lowest BCUT2D eigenvalue weighted by Crippen LogP contribution is -2.36. The molecule has 2 heterocycles. The lowest BCUT2D eigenvalue weighted by Gasteiger charge is -2.19. The number of ether oxygens (including phenoxy) is 1. The van der Waals surface area contributed by atoms with Gasteiger partial charge in [0.15, 0.2) is 0 Å². The second-order valence-electron chi connectivity index (χ2n) is 6.49. The van der Waals surface area contributed by atoms with Gasteiger partial charge in [-0.1, -0.05) is 0 Å². The van der Waals surface area contributed by atoms with Crippen molar-refractivity contribution in [3.8, 4) is 0 Å². The highest BCUT2D eigenvalue weighted by atomic mass is 16.6. The Hall–Kier alpha value is -2.13. The summed E-state index contributed by atoms with van der Waals surface area (Å²) < 4.78 is 6.89. The molecule has 0 aliphatic carbocycles. The van der Waals surface area contributed by atoms with Crippen molar-refractivity contribution >= 4 is 35.7 Å². The average Bonchev–Trinajstić information content (AvgIpc) is 2.77. The summed E-state index contributed by atoms with van der Waals surface area (Å²) in [5, 5.41) is 22.2. The largest absolute Gasteiger partial charge is 0.506 e. The van der Waals surface area contributed by atoms with Crippen LogP contribution >= 0.6 is 0 Å². The summed E-state index contributed by atoms with van der Waals surface area (Å²) in [5.41, 5.74) is 0.152. The van der Waals surface area contributed by atoms with Gasteiger partial charge in [-0.15, -0.1) is 0 Å². The lowest BCUT2D eigenvalue weighted by molar-refractivity contribution is 0.0635. The zero-order chi connectivity index (χ0) is 17.4. The highest BCUT2D eigenvalue weighted by Crippen LogP contribution is 2.23. The van der Waals surface area contributed by atoms with Gasteiger partial charge in [0.25, 0.3) is 0 Å². The van der Waals surface area contributed by atoms with Crippen LogP contribution in [0.1, 0.15) is 40.7 Å². The van der Waals surface area contributed by atoms with Crippen LogP contribution in [0.2, 0.25) is 0 Å². The summed E-state index contributed by atoms with van der Waals surface area (Å²) in [6.07, 6.45) is 0.669. The highest BCUT2D eigenvalue weighted by molar-refractivity contribution is 6.58. The van der Waals surface area contributed by atoms with Gasteiger partial charge in [0, 0.05) is 6.04 Å². The van der Waals surface area contributed by atoms with Crippen molar-refractivity contribution in [2.24, 2.45) is 0 Å². The Morgan fingerprint density at radius 2 is 2.00 bits per heavy atom. The molecule has 0 unspecified atom stereocenters. The fraction of sp³-hybridized carbons (Fsp3) is 0.500. The van der Waals surface area contributed by atoms with Gasteiger partial charge in [-0.05, 0) is 40.7 Å². The third-order valence-electron chi connectivity index (χ3n) is 3.06. The van der Waals surface area contributed by atoms with Crippen LogP contribution in [-0.4, -0.2) is 43.4 Å². The Morgan fingerprint density at radius 1 is 1.35 bits per heavy atom. The first-order chi connectivity index (χ1) is 10.6. The standard InChI is InChI=1S/C14H21BN4O4/c1-8(2)19-10(15(21)22)6-9-11(16-7-17-12(9)19)18-13(20)23-14(3,4)5/h6-8,21-22H,1-5H3,(H,16,17,18,20). The average molecular weight is 320 g/mol. The summed E-state index contributed by atoms with van der Waals surface area (Å²) in [5.74, 6) is 0.255. The molecule has 0 bridgehead atoms. The summed E-state index contributed by atoms with van der Waals surface area (Å²) in [4.78, 5) is 20.2. The van der Waals surface area contributed by atoms with Crippen molar-refractivity contribution in [3.05, 3.63) is 12.4 Å². The Labute approximate surface area is 134 Å². The third kappa shape index (κ3) is 3.80. The monoisotopic (exact) mass is 320 g/mol. The lowest BCUT2D eigenvalue weighted by atomic mass is 9.86. The van der Waals surface area contributed by atoms with Crippen molar-refractivity contribution in [2.75, 3.05) is 5.32 Å². The molecule has 124 valence electrons. The molecule has 23 heavy (non-hydrogen) atoms.